The van der Waals surface area contributed by atoms with Gasteiger partial charge in [-0.1, -0.05) is 0 Å². The Morgan fingerprint density at radius 2 is 2.21 bits per heavy atom. The van der Waals surface area contributed by atoms with Gasteiger partial charge in [0.05, 0.1) is 41.4 Å². The van der Waals surface area contributed by atoms with Crippen molar-refractivity contribution in [1.82, 2.24) is 19.7 Å². The number of fused-ring (bicyclic) bond motifs is 1. The van der Waals surface area contributed by atoms with Crippen LogP contribution in [0.1, 0.15) is 12.5 Å². The molecule has 0 aromatic carbocycles. The smallest absolute Gasteiger partial charge is 0.224 e. The maximum Gasteiger partial charge on any atom is 0.224 e. The molecule has 3 aromatic heterocycles. The average Bonchev–Trinajstić information content (AvgIpc) is 3.10. The van der Waals surface area contributed by atoms with Gasteiger partial charge in [-0.15, -0.1) is 11.3 Å². The number of anilines is 1. The highest BCUT2D eigenvalue weighted by Gasteiger charge is 2.25. The van der Waals surface area contributed by atoms with E-state index in [0.717, 1.165) is 39.4 Å². The summed E-state index contributed by atoms with van der Waals surface area (Å²) in [6, 6.07) is 0.261. The Bertz CT molecular complexity index is 886. The van der Waals surface area contributed by atoms with Gasteiger partial charge in [0.2, 0.25) is 5.28 Å². The summed E-state index contributed by atoms with van der Waals surface area (Å²) in [4.78, 5) is 11.3. The summed E-state index contributed by atoms with van der Waals surface area (Å²) >= 11 is 7.92. The number of hydrogen-bond donors (Lipinski definition) is 0. The lowest BCUT2D eigenvalue weighted by Gasteiger charge is -2.34. The summed E-state index contributed by atoms with van der Waals surface area (Å²) in [6.45, 7) is 6.40. The third-order valence-electron chi connectivity index (χ3n) is 4.39. The Balaban J connectivity index is 1.92. The Morgan fingerprint density at radius 3 is 2.92 bits per heavy atom. The largest absolute Gasteiger partial charge is 0.377 e. The quantitative estimate of drug-likeness (QED) is 0.654. The minimum atomic E-state index is 0.261. The highest BCUT2D eigenvalue weighted by Crippen LogP contribution is 2.39. The molecule has 6 nitrogen and oxygen atoms in total. The molecule has 24 heavy (non-hydrogen) atoms. The van der Waals surface area contributed by atoms with Crippen LogP contribution in [-0.4, -0.2) is 45.5 Å². The molecule has 0 amide bonds. The third kappa shape index (κ3) is 2.47. The van der Waals surface area contributed by atoms with Crippen LogP contribution in [0.15, 0.2) is 11.6 Å². The van der Waals surface area contributed by atoms with E-state index in [0.29, 0.717) is 13.2 Å². The summed E-state index contributed by atoms with van der Waals surface area (Å²) in [5.41, 5.74) is 4.13. The molecule has 8 heteroatoms. The third-order valence-corrected chi connectivity index (χ3v) is 5.52. The van der Waals surface area contributed by atoms with E-state index in [1.807, 2.05) is 17.9 Å². The molecule has 1 aliphatic rings. The molecule has 1 fully saturated rings. The molecular formula is C16H18ClN5OS. The van der Waals surface area contributed by atoms with Crippen LogP contribution in [0.4, 0.5) is 5.82 Å². The molecule has 0 N–H and O–H groups in total. The fraction of sp³-hybridized carbons (Fsp3) is 0.438. The van der Waals surface area contributed by atoms with Crippen LogP contribution >= 0.6 is 22.9 Å². The van der Waals surface area contributed by atoms with Crippen molar-refractivity contribution in [3.05, 3.63) is 22.4 Å². The minimum absolute atomic E-state index is 0.261. The van der Waals surface area contributed by atoms with E-state index in [4.69, 9.17) is 16.3 Å². The lowest BCUT2D eigenvalue weighted by atomic mass is 10.1. The van der Waals surface area contributed by atoms with E-state index in [9.17, 15) is 0 Å². The van der Waals surface area contributed by atoms with Crippen LogP contribution in [-0.2, 0) is 11.8 Å². The van der Waals surface area contributed by atoms with Gasteiger partial charge < -0.3 is 9.64 Å². The van der Waals surface area contributed by atoms with Crippen LogP contribution in [0.5, 0.6) is 0 Å². The summed E-state index contributed by atoms with van der Waals surface area (Å²) < 4.78 is 8.48. The number of rotatable bonds is 2. The first-order chi connectivity index (χ1) is 11.6. The normalized spacial score (nSPS) is 18.5. The molecule has 0 bridgehead atoms. The number of thiophene rings is 1. The summed E-state index contributed by atoms with van der Waals surface area (Å²) in [5.74, 6) is 0.900. The number of nitrogens with zero attached hydrogens (tertiary/aromatic N) is 5. The molecule has 3 aromatic rings. The Hall–Kier alpha value is -1.70. The molecule has 1 aliphatic heterocycles. The lowest BCUT2D eigenvalue weighted by Crippen LogP contribution is -2.44. The molecule has 4 heterocycles. The van der Waals surface area contributed by atoms with Gasteiger partial charge >= 0.3 is 0 Å². The predicted octanol–water partition coefficient (Wildman–Crippen LogP) is 3.28. The molecule has 0 spiro atoms. The first-order valence-electron chi connectivity index (χ1n) is 7.84. The fourth-order valence-electron chi connectivity index (χ4n) is 3.22. The van der Waals surface area contributed by atoms with Gasteiger partial charge in [0, 0.05) is 24.5 Å². The second-order valence-electron chi connectivity index (χ2n) is 6.06. The molecule has 0 unspecified atom stereocenters. The number of halogens is 1. The van der Waals surface area contributed by atoms with Gasteiger partial charge in [0.1, 0.15) is 0 Å². The summed E-state index contributed by atoms with van der Waals surface area (Å²) in [5, 5.41) is 6.74. The van der Waals surface area contributed by atoms with Crippen molar-refractivity contribution in [1.29, 1.82) is 0 Å². The zero-order chi connectivity index (χ0) is 16.8. The van der Waals surface area contributed by atoms with Crippen LogP contribution < -0.4 is 4.90 Å². The standard InChI is InChI=1S/C16H18ClN5OS/c1-9-6-18-21(3)13(9)11-8-24-14-12(11)19-16(17)20-15(14)22-4-5-23-7-10(22)2/h6,8,10H,4-5,7H2,1-3H3/t10-/m1/s1. The van der Waals surface area contributed by atoms with Crippen molar-refractivity contribution in [2.75, 3.05) is 24.7 Å². The van der Waals surface area contributed by atoms with Crippen molar-refractivity contribution in [3.8, 4) is 11.3 Å². The molecule has 126 valence electrons. The average molecular weight is 364 g/mol. The van der Waals surface area contributed by atoms with Gasteiger partial charge in [-0.2, -0.15) is 10.1 Å². The number of morpholine rings is 1. The van der Waals surface area contributed by atoms with Crippen LogP contribution in [0.2, 0.25) is 5.28 Å². The maximum atomic E-state index is 6.26. The summed E-state index contributed by atoms with van der Waals surface area (Å²) in [6.07, 6.45) is 1.87. The van der Waals surface area contributed by atoms with Gasteiger partial charge in [-0.25, -0.2) is 4.98 Å². The van der Waals surface area contributed by atoms with Gasteiger partial charge in [-0.3, -0.25) is 4.68 Å². The zero-order valence-corrected chi connectivity index (χ0v) is 15.4. The maximum absolute atomic E-state index is 6.26. The van der Waals surface area contributed by atoms with Crippen LogP contribution in [0.25, 0.3) is 21.5 Å². The lowest BCUT2D eigenvalue weighted by molar-refractivity contribution is 0.0987. The SMILES string of the molecule is Cc1cnn(C)c1-c1csc2c(N3CCOC[C@H]3C)nc(Cl)nc12. The first kappa shape index (κ1) is 15.8. The van der Waals surface area contributed by atoms with E-state index < -0.39 is 0 Å². The molecule has 1 saturated heterocycles. The number of aryl methyl sites for hydroxylation is 2. The molecular weight excluding hydrogens is 346 g/mol. The molecule has 0 saturated carbocycles. The van der Waals surface area contributed by atoms with Crippen molar-refractivity contribution < 1.29 is 4.74 Å². The van der Waals surface area contributed by atoms with E-state index in [1.165, 1.54) is 0 Å². The number of ether oxygens (including phenoxy) is 1. The summed E-state index contributed by atoms with van der Waals surface area (Å²) in [7, 11) is 1.94. The van der Waals surface area contributed by atoms with E-state index in [-0.39, 0.29) is 11.3 Å². The predicted molar refractivity (Wildman–Crippen MR) is 97.0 cm³/mol. The van der Waals surface area contributed by atoms with Crippen molar-refractivity contribution in [2.45, 2.75) is 19.9 Å². The van der Waals surface area contributed by atoms with Gasteiger partial charge in [0.25, 0.3) is 0 Å². The monoisotopic (exact) mass is 363 g/mol. The van der Waals surface area contributed by atoms with Crippen LogP contribution in [0, 0.1) is 6.92 Å². The Labute approximate surface area is 149 Å². The van der Waals surface area contributed by atoms with Crippen molar-refractivity contribution >= 4 is 39.0 Å². The van der Waals surface area contributed by atoms with Gasteiger partial charge in [0.15, 0.2) is 5.82 Å². The van der Waals surface area contributed by atoms with E-state index in [2.05, 4.69) is 39.2 Å². The number of hydrogen-bond acceptors (Lipinski definition) is 6. The second-order valence-corrected chi connectivity index (χ2v) is 7.28. The van der Waals surface area contributed by atoms with Gasteiger partial charge in [-0.05, 0) is 31.0 Å². The Morgan fingerprint density at radius 1 is 1.38 bits per heavy atom. The van der Waals surface area contributed by atoms with E-state index in [1.54, 1.807) is 11.3 Å². The Kier molecular flexibility index (Phi) is 3.94. The molecule has 4 rings (SSSR count). The van der Waals surface area contributed by atoms with Crippen molar-refractivity contribution in [3.63, 3.8) is 0 Å². The molecule has 1 atom stereocenters. The fourth-order valence-corrected chi connectivity index (χ4v) is 4.37. The number of aromatic nitrogens is 4. The molecule has 0 aliphatic carbocycles. The van der Waals surface area contributed by atoms with Crippen LogP contribution in [0.3, 0.4) is 0 Å². The molecule has 0 radical (unpaired) electrons. The first-order valence-corrected chi connectivity index (χ1v) is 9.10. The topological polar surface area (TPSA) is 56.1 Å². The highest BCUT2D eigenvalue weighted by atomic mass is 35.5. The second kappa shape index (κ2) is 5.98. The highest BCUT2D eigenvalue weighted by molar-refractivity contribution is 7.18. The zero-order valence-electron chi connectivity index (χ0n) is 13.8. The van der Waals surface area contributed by atoms with E-state index >= 15 is 0 Å². The van der Waals surface area contributed by atoms with Crippen molar-refractivity contribution in [2.24, 2.45) is 7.05 Å². The minimum Gasteiger partial charge on any atom is -0.377 e.